The molecule has 0 aromatic rings. The van der Waals surface area contributed by atoms with Gasteiger partial charge in [0.15, 0.2) is 5.11 Å². The van der Waals surface area contributed by atoms with Gasteiger partial charge in [-0.05, 0) is 66.6 Å². The molecule has 1 heterocycles. The van der Waals surface area contributed by atoms with Crippen molar-refractivity contribution in [3.8, 4) is 0 Å². The van der Waals surface area contributed by atoms with Crippen LogP contribution in [0, 0.1) is 0 Å². The van der Waals surface area contributed by atoms with E-state index in [1.165, 1.54) is 0 Å². The molecule has 21 heavy (non-hydrogen) atoms. The average Bonchev–Trinajstić information content (AvgIpc) is 2.69. The minimum Gasteiger partial charge on any atom is -0.444 e. The Morgan fingerprint density at radius 3 is 2.43 bits per heavy atom. The van der Waals surface area contributed by atoms with Gasteiger partial charge in [-0.15, -0.1) is 0 Å². The minimum absolute atomic E-state index is 0.0649. The Morgan fingerprint density at radius 1 is 1.29 bits per heavy atom. The van der Waals surface area contributed by atoms with E-state index in [2.05, 4.69) is 31.4 Å². The smallest absolute Gasteiger partial charge is 0.410 e. The Bertz CT molecular complexity index is 385. The number of carbonyl (C=O) groups excluding carboxylic acids is 1. The third kappa shape index (κ3) is 6.98. The van der Waals surface area contributed by atoms with Crippen LogP contribution >= 0.6 is 12.2 Å². The first-order valence-corrected chi connectivity index (χ1v) is 7.94. The highest BCUT2D eigenvalue weighted by atomic mass is 32.1. The van der Waals surface area contributed by atoms with Crippen LogP contribution in [0.15, 0.2) is 0 Å². The van der Waals surface area contributed by atoms with Crippen LogP contribution in [0.2, 0.25) is 0 Å². The molecule has 1 amide bonds. The molecule has 0 radical (unpaired) electrons. The van der Waals surface area contributed by atoms with Crippen molar-refractivity contribution in [1.82, 2.24) is 15.5 Å². The topological polar surface area (TPSA) is 53.6 Å². The number of likely N-dealkylation sites (tertiary alicyclic amines) is 1. The maximum atomic E-state index is 12.2. The zero-order valence-electron chi connectivity index (χ0n) is 14.1. The van der Waals surface area contributed by atoms with E-state index >= 15 is 0 Å². The zero-order chi connectivity index (χ0) is 16.3. The molecule has 0 aliphatic carbocycles. The second-order valence-corrected chi connectivity index (χ2v) is 7.96. The summed E-state index contributed by atoms with van der Waals surface area (Å²) in [5, 5.41) is 7.03. The standard InChI is InChI=1S/C15H29N3O2S/c1-14(2,3)17-12(21)16-10-11-8-7-9-18(11)13(19)20-15(4,5)6/h11H,7-10H2,1-6H3,(H2,16,17,21). The number of nitrogens with one attached hydrogen (secondary N) is 2. The summed E-state index contributed by atoms with van der Waals surface area (Å²) in [6, 6.07) is 0.138. The predicted octanol–water partition coefficient (Wildman–Crippen LogP) is 2.65. The van der Waals surface area contributed by atoms with E-state index in [9.17, 15) is 4.79 Å². The molecule has 0 saturated carbocycles. The fourth-order valence-corrected chi connectivity index (χ4v) is 2.59. The zero-order valence-corrected chi connectivity index (χ0v) is 14.9. The first-order valence-electron chi connectivity index (χ1n) is 7.53. The lowest BCUT2D eigenvalue weighted by atomic mass is 10.1. The molecule has 1 aliphatic heterocycles. The summed E-state index contributed by atoms with van der Waals surface area (Å²) in [5.41, 5.74) is -0.522. The van der Waals surface area contributed by atoms with Crippen LogP contribution in [0.25, 0.3) is 0 Å². The van der Waals surface area contributed by atoms with Gasteiger partial charge >= 0.3 is 6.09 Å². The molecule has 0 bridgehead atoms. The maximum absolute atomic E-state index is 12.2. The van der Waals surface area contributed by atoms with Crippen LogP contribution in [0.5, 0.6) is 0 Å². The van der Waals surface area contributed by atoms with E-state index in [0.717, 1.165) is 19.4 Å². The van der Waals surface area contributed by atoms with E-state index in [-0.39, 0.29) is 17.7 Å². The average molecular weight is 315 g/mol. The fourth-order valence-electron chi connectivity index (χ4n) is 2.20. The minimum atomic E-state index is -0.458. The van der Waals surface area contributed by atoms with Crippen molar-refractivity contribution in [1.29, 1.82) is 0 Å². The van der Waals surface area contributed by atoms with Gasteiger partial charge in [-0.2, -0.15) is 0 Å². The lowest BCUT2D eigenvalue weighted by molar-refractivity contribution is 0.0229. The molecule has 6 heteroatoms. The second-order valence-electron chi connectivity index (χ2n) is 7.55. The Kier molecular flexibility index (Phi) is 5.84. The third-order valence-electron chi connectivity index (χ3n) is 2.99. The molecule has 1 fully saturated rings. The van der Waals surface area contributed by atoms with E-state index in [1.807, 2.05) is 20.8 Å². The Balaban J connectivity index is 2.47. The third-order valence-corrected chi connectivity index (χ3v) is 3.24. The van der Waals surface area contributed by atoms with E-state index in [1.54, 1.807) is 4.90 Å². The molecule has 122 valence electrons. The van der Waals surface area contributed by atoms with Crippen LogP contribution < -0.4 is 10.6 Å². The van der Waals surface area contributed by atoms with Crippen LogP contribution in [-0.4, -0.2) is 46.4 Å². The van der Waals surface area contributed by atoms with Crippen molar-refractivity contribution in [2.24, 2.45) is 0 Å². The molecular weight excluding hydrogens is 286 g/mol. The second kappa shape index (κ2) is 6.81. The van der Waals surface area contributed by atoms with E-state index in [4.69, 9.17) is 17.0 Å². The van der Waals surface area contributed by atoms with Crippen molar-refractivity contribution in [3.05, 3.63) is 0 Å². The fraction of sp³-hybridized carbons (Fsp3) is 0.867. The monoisotopic (exact) mass is 315 g/mol. The number of thiocarbonyl (C=S) groups is 1. The number of ether oxygens (including phenoxy) is 1. The SMILES string of the molecule is CC(C)(C)NC(=S)NCC1CCCN1C(=O)OC(C)(C)C. The highest BCUT2D eigenvalue weighted by molar-refractivity contribution is 7.80. The van der Waals surface area contributed by atoms with E-state index in [0.29, 0.717) is 11.7 Å². The van der Waals surface area contributed by atoms with Crippen LogP contribution in [0.3, 0.4) is 0 Å². The van der Waals surface area contributed by atoms with Crippen molar-refractivity contribution in [2.75, 3.05) is 13.1 Å². The summed E-state index contributed by atoms with van der Waals surface area (Å²) in [5.74, 6) is 0. The normalized spacial score (nSPS) is 19.3. The number of nitrogens with zero attached hydrogens (tertiary/aromatic N) is 1. The molecule has 1 aliphatic rings. The molecule has 1 saturated heterocycles. The molecule has 2 N–H and O–H groups in total. The van der Waals surface area contributed by atoms with Crippen molar-refractivity contribution < 1.29 is 9.53 Å². The number of hydrogen-bond donors (Lipinski definition) is 2. The molecule has 1 atom stereocenters. The summed E-state index contributed by atoms with van der Waals surface area (Å²) in [6.45, 7) is 13.2. The van der Waals surface area contributed by atoms with Gasteiger partial charge in [0.2, 0.25) is 0 Å². The summed E-state index contributed by atoms with van der Waals surface area (Å²) >= 11 is 5.27. The molecule has 0 spiro atoms. The van der Waals surface area contributed by atoms with Gasteiger partial charge in [0.1, 0.15) is 5.60 Å². The highest BCUT2D eigenvalue weighted by Gasteiger charge is 2.32. The van der Waals surface area contributed by atoms with Gasteiger partial charge in [-0.1, -0.05) is 0 Å². The lowest BCUT2D eigenvalue weighted by Gasteiger charge is -2.29. The van der Waals surface area contributed by atoms with Crippen LogP contribution in [0.4, 0.5) is 4.79 Å². The van der Waals surface area contributed by atoms with Gasteiger partial charge < -0.3 is 20.3 Å². The first-order chi connectivity index (χ1) is 9.48. The van der Waals surface area contributed by atoms with Gasteiger partial charge in [0, 0.05) is 18.6 Å². The van der Waals surface area contributed by atoms with Gasteiger partial charge in [0.05, 0.1) is 6.04 Å². The molecular formula is C15H29N3O2S. The number of amides is 1. The highest BCUT2D eigenvalue weighted by Crippen LogP contribution is 2.20. The molecule has 1 rings (SSSR count). The quantitative estimate of drug-likeness (QED) is 0.767. The Hall–Kier alpha value is -1.04. The summed E-state index contributed by atoms with van der Waals surface area (Å²) < 4.78 is 5.45. The maximum Gasteiger partial charge on any atom is 0.410 e. The Morgan fingerprint density at radius 2 is 1.90 bits per heavy atom. The summed E-state index contributed by atoms with van der Waals surface area (Å²) in [4.78, 5) is 14.0. The van der Waals surface area contributed by atoms with Gasteiger partial charge in [0.25, 0.3) is 0 Å². The lowest BCUT2D eigenvalue weighted by Crippen LogP contribution is -2.50. The summed E-state index contributed by atoms with van der Waals surface area (Å²) in [6.07, 6.45) is 1.75. The van der Waals surface area contributed by atoms with Crippen molar-refractivity contribution in [2.45, 2.75) is 71.6 Å². The first kappa shape index (κ1) is 18.0. The van der Waals surface area contributed by atoms with Crippen LogP contribution in [-0.2, 0) is 4.74 Å². The Labute approximate surface area is 133 Å². The predicted molar refractivity (Wildman–Crippen MR) is 89.5 cm³/mol. The largest absolute Gasteiger partial charge is 0.444 e. The van der Waals surface area contributed by atoms with Gasteiger partial charge in [-0.3, -0.25) is 0 Å². The van der Waals surface area contributed by atoms with Crippen molar-refractivity contribution >= 4 is 23.4 Å². The molecule has 5 nitrogen and oxygen atoms in total. The summed E-state index contributed by atoms with van der Waals surface area (Å²) in [7, 11) is 0. The molecule has 1 unspecified atom stereocenters. The van der Waals surface area contributed by atoms with Gasteiger partial charge in [-0.25, -0.2) is 4.79 Å². The van der Waals surface area contributed by atoms with Crippen LogP contribution in [0.1, 0.15) is 54.4 Å². The molecule has 0 aromatic carbocycles. The van der Waals surface area contributed by atoms with E-state index < -0.39 is 5.60 Å². The number of hydrogen-bond acceptors (Lipinski definition) is 3. The number of rotatable bonds is 2. The molecule has 0 aromatic heterocycles. The van der Waals surface area contributed by atoms with Crippen molar-refractivity contribution in [3.63, 3.8) is 0 Å². The number of carbonyl (C=O) groups is 1.